The molecule has 23 heavy (non-hydrogen) atoms. The summed E-state index contributed by atoms with van der Waals surface area (Å²) in [5.74, 6) is 0.934. The van der Waals surface area contributed by atoms with Crippen molar-refractivity contribution < 1.29 is 9.59 Å². The van der Waals surface area contributed by atoms with E-state index in [0.717, 1.165) is 24.5 Å². The van der Waals surface area contributed by atoms with Gasteiger partial charge in [-0.15, -0.1) is 0 Å². The number of carbonyl (C=O) groups excluding carboxylic acids is 2. The molecule has 6 nitrogen and oxygen atoms in total. The molecule has 0 radical (unpaired) electrons. The first-order valence-electron chi connectivity index (χ1n) is 8.27. The molecule has 0 unspecified atom stereocenters. The molecule has 0 saturated carbocycles. The summed E-state index contributed by atoms with van der Waals surface area (Å²) in [4.78, 5) is 32.1. The average molecular weight is 318 g/mol. The Hall–Kier alpha value is -2.11. The quantitative estimate of drug-likeness (QED) is 0.861. The summed E-state index contributed by atoms with van der Waals surface area (Å²) in [6.45, 7) is 6.91. The van der Waals surface area contributed by atoms with Crippen LogP contribution in [0.3, 0.4) is 0 Å². The predicted octanol–water partition coefficient (Wildman–Crippen LogP) is 1.41. The second-order valence-electron chi connectivity index (χ2n) is 5.89. The summed E-state index contributed by atoms with van der Waals surface area (Å²) in [5, 5.41) is 3.00. The molecule has 2 amide bonds. The van der Waals surface area contributed by atoms with Gasteiger partial charge < -0.3 is 15.1 Å². The summed E-state index contributed by atoms with van der Waals surface area (Å²) in [6.07, 6.45) is 2.86. The lowest BCUT2D eigenvalue weighted by Gasteiger charge is -2.29. The van der Waals surface area contributed by atoms with Crippen LogP contribution in [0.2, 0.25) is 0 Å². The molecule has 0 spiro atoms. The van der Waals surface area contributed by atoms with Crippen molar-refractivity contribution in [1.82, 2.24) is 15.2 Å². The maximum atomic E-state index is 12.4. The lowest BCUT2D eigenvalue weighted by Crippen LogP contribution is -2.43. The van der Waals surface area contributed by atoms with Gasteiger partial charge in [-0.3, -0.25) is 9.59 Å². The zero-order valence-electron chi connectivity index (χ0n) is 14.2. The van der Waals surface area contributed by atoms with Gasteiger partial charge in [0.2, 0.25) is 11.8 Å². The molecule has 6 heteroatoms. The fourth-order valence-corrected chi connectivity index (χ4v) is 2.93. The number of hydrogen-bond donors (Lipinski definition) is 1. The first kappa shape index (κ1) is 17.2. The van der Waals surface area contributed by atoms with E-state index in [1.807, 2.05) is 12.1 Å². The summed E-state index contributed by atoms with van der Waals surface area (Å²) >= 11 is 0. The number of nitrogens with one attached hydrogen (secondary N) is 1. The monoisotopic (exact) mass is 318 g/mol. The third kappa shape index (κ3) is 4.21. The first-order chi connectivity index (χ1) is 11.1. The number of anilines is 1. The SMILES string of the molecule is CCN(CC)c1ncccc1CNC(=O)[C@@H]1CCC(=O)N(C)C1. The molecule has 1 aromatic heterocycles. The van der Waals surface area contributed by atoms with Gasteiger partial charge in [-0.25, -0.2) is 4.98 Å². The third-order valence-corrected chi connectivity index (χ3v) is 4.38. The zero-order valence-corrected chi connectivity index (χ0v) is 14.2. The Morgan fingerprint density at radius 3 is 2.83 bits per heavy atom. The van der Waals surface area contributed by atoms with E-state index in [1.54, 1.807) is 18.1 Å². The van der Waals surface area contributed by atoms with Crippen molar-refractivity contribution in [3.63, 3.8) is 0 Å². The lowest BCUT2D eigenvalue weighted by atomic mass is 9.97. The second-order valence-corrected chi connectivity index (χ2v) is 5.89. The Bertz CT molecular complexity index is 557. The van der Waals surface area contributed by atoms with Crippen molar-refractivity contribution in [2.45, 2.75) is 33.2 Å². The summed E-state index contributed by atoms with van der Waals surface area (Å²) in [6, 6.07) is 3.89. The highest BCUT2D eigenvalue weighted by molar-refractivity contribution is 5.83. The summed E-state index contributed by atoms with van der Waals surface area (Å²) in [5.41, 5.74) is 1.02. The number of nitrogens with zero attached hydrogens (tertiary/aromatic N) is 3. The van der Waals surface area contributed by atoms with Gasteiger partial charge in [0.1, 0.15) is 5.82 Å². The molecular weight excluding hydrogens is 292 g/mol. The van der Waals surface area contributed by atoms with E-state index in [2.05, 4.69) is 29.0 Å². The normalized spacial score (nSPS) is 18.0. The maximum absolute atomic E-state index is 12.4. The topological polar surface area (TPSA) is 65.5 Å². The minimum absolute atomic E-state index is 0.0127. The highest BCUT2D eigenvalue weighted by atomic mass is 16.2. The van der Waals surface area contributed by atoms with Gasteiger partial charge in [-0.1, -0.05) is 6.07 Å². The Labute approximate surface area is 137 Å². The highest BCUT2D eigenvalue weighted by Crippen LogP contribution is 2.19. The number of rotatable bonds is 6. The van der Waals surface area contributed by atoms with E-state index in [0.29, 0.717) is 25.9 Å². The molecule has 2 heterocycles. The van der Waals surface area contributed by atoms with Gasteiger partial charge in [0.25, 0.3) is 0 Å². The van der Waals surface area contributed by atoms with Gasteiger partial charge in [-0.2, -0.15) is 0 Å². The predicted molar refractivity (Wildman–Crippen MR) is 90.0 cm³/mol. The van der Waals surface area contributed by atoms with Crippen molar-refractivity contribution in [2.24, 2.45) is 5.92 Å². The van der Waals surface area contributed by atoms with Crippen molar-refractivity contribution in [2.75, 3.05) is 31.6 Å². The Kier molecular flexibility index (Phi) is 5.96. The van der Waals surface area contributed by atoms with Crippen LogP contribution in [-0.2, 0) is 16.1 Å². The van der Waals surface area contributed by atoms with Crippen molar-refractivity contribution in [3.05, 3.63) is 23.9 Å². The smallest absolute Gasteiger partial charge is 0.225 e. The lowest BCUT2D eigenvalue weighted by molar-refractivity contribution is -0.136. The maximum Gasteiger partial charge on any atom is 0.225 e. The number of piperidine rings is 1. The highest BCUT2D eigenvalue weighted by Gasteiger charge is 2.28. The molecule has 1 aromatic rings. The second kappa shape index (κ2) is 7.94. The van der Waals surface area contributed by atoms with Crippen LogP contribution in [0.25, 0.3) is 0 Å². The largest absolute Gasteiger partial charge is 0.357 e. The van der Waals surface area contributed by atoms with Crippen LogP contribution >= 0.6 is 0 Å². The molecule has 0 aliphatic carbocycles. The molecule has 1 atom stereocenters. The summed E-state index contributed by atoms with van der Waals surface area (Å²) < 4.78 is 0. The van der Waals surface area contributed by atoms with E-state index < -0.39 is 0 Å². The van der Waals surface area contributed by atoms with E-state index in [4.69, 9.17) is 0 Å². The Morgan fingerprint density at radius 2 is 2.17 bits per heavy atom. The summed E-state index contributed by atoms with van der Waals surface area (Å²) in [7, 11) is 1.75. The van der Waals surface area contributed by atoms with Crippen molar-refractivity contribution in [3.8, 4) is 0 Å². The average Bonchev–Trinajstić information content (AvgIpc) is 2.57. The molecule has 0 bridgehead atoms. The molecule has 1 saturated heterocycles. The van der Waals surface area contributed by atoms with Crippen LogP contribution in [0, 0.1) is 5.92 Å². The van der Waals surface area contributed by atoms with Crippen LogP contribution in [-0.4, -0.2) is 48.4 Å². The Morgan fingerprint density at radius 1 is 1.43 bits per heavy atom. The zero-order chi connectivity index (χ0) is 16.8. The minimum Gasteiger partial charge on any atom is -0.357 e. The van der Waals surface area contributed by atoms with Gasteiger partial charge >= 0.3 is 0 Å². The van der Waals surface area contributed by atoms with Crippen molar-refractivity contribution in [1.29, 1.82) is 0 Å². The van der Waals surface area contributed by atoms with Crippen molar-refractivity contribution >= 4 is 17.6 Å². The molecule has 126 valence electrons. The molecular formula is C17H26N4O2. The van der Waals surface area contributed by atoms with Gasteiger partial charge in [0.05, 0.1) is 5.92 Å². The van der Waals surface area contributed by atoms with Crippen LogP contribution < -0.4 is 10.2 Å². The number of aromatic nitrogens is 1. The first-order valence-corrected chi connectivity index (χ1v) is 8.27. The number of amides is 2. The fourth-order valence-electron chi connectivity index (χ4n) is 2.93. The standard InChI is InChI=1S/C17H26N4O2/c1-4-21(5-2)16-13(7-6-10-18-16)11-19-17(23)14-8-9-15(22)20(3)12-14/h6-7,10,14H,4-5,8-9,11-12H2,1-3H3,(H,19,23)/t14-/m1/s1. The molecule has 1 aliphatic heterocycles. The molecule has 1 fully saturated rings. The van der Waals surface area contributed by atoms with Gasteiger partial charge in [-0.05, 0) is 26.3 Å². The molecule has 0 aromatic carbocycles. The van der Waals surface area contributed by atoms with Crippen LogP contribution in [0.5, 0.6) is 0 Å². The Balaban J connectivity index is 1.98. The van der Waals surface area contributed by atoms with Crippen LogP contribution in [0.15, 0.2) is 18.3 Å². The van der Waals surface area contributed by atoms with E-state index in [-0.39, 0.29) is 17.7 Å². The van der Waals surface area contributed by atoms with E-state index in [9.17, 15) is 9.59 Å². The molecule has 1 N–H and O–H groups in total. The number of pyridine rings is 1. The van der Waals surface area contributed by atoms with Crippen LogP contribution in [0.1, 0.15) is 32.3 Å². The van der Waals surface area contributed by atoms with E-state index in [1.165, 1.54) is 0 Å². The van der Waals surface area contributed by atoms with Gasteiger partial charge in [0, 0.05) is 51.4 Å². The van der Waals surface area contributed by atoms with Gasteiger partial charge in [0.15, 0.2) is 0 Å². The molecule has 2 rings (SSSR count). The third-order valence-electron chi connectivity index (χ3n) is 4.38. The minimum atomic E-state index is -0.119. The number of hydrogen-bond acceptors (Lipinski definition) is 4. The molecule has 1 aliphatic rings. The van der Waals surface area contributed by atoms with Crippen LogP contribution in [0.4, 0.5) is 5.82 Å². The number of carbonyl (C=O) groups is 2. The number of likely N-dealkylation sites (tertiary alicyclic amines) is 1. The van der Waals surface area contributed by atoms with E-state index >= 15 is 0 Å². The fraction of sp³-hybridized carbons (Fsp3) is 0.588.